The van der Waals surface area contributed by atoms with Crippen molar-refractivity contribution in [1.82, 2.24) is 5.32 Å². The highest BCUT2D eigenvalue weighted by Gasteiger charge is 2.20. The van der Waals surface area contributed by atoms with E-state index in [-0.39, 0.29) is 11.7 Å². The topological polar surface area (TPSA) is 58.2 Å². The molecular formula is C20H20F2N2O2. The van der Waals surface area contributed by atoms with Crippen LogP contribution in [0.2, 0.25) is 0 Å². The number of hydrogen-bond donors (Lipinski definition) is 2. The Morgan fingerprint density at radius 2 is 1.73 bits per heavy atom. The smallest absolute Gasteiger partial charge is 0.313 e. The summed E-state index contributed by atoms with van der Waals surface area (Å²) in [5.74, 6) is -4.24. The van der Waals surface area contributed by atoms with Crippen LogP contribution in [0.5, 0.6) is 0 Å². The van der Waals surface area contributed by atoms with Crippen molar-refractivity contribution in [2.45, 2.75) is 38.6 Å². The lowest BCUT2D eigenvalue weighted by Gasteiger charge is -2.20. The predicted molar refractivity (Wildman–Crippen MR) is 94.6 cm³/mol. The molecule has 0 fully saturated rings. The number of fused-ring (bicyclic) bond motifs is 1. The monoisotopic (exact) mass is 358 g/mol. The molecular weight excluding hydrogens is 338 g/mol. The standard InChI is InChI=1S/C20H20F2N2O2/c1-12(14-10-9-13-5-2-3-6-15(13)11-14)23-19(25)20(26)24-17-8-4-7-16(21)18(17)22/h4,7-12H,2-3,5-6H2,1H3,(H,23,25)(H,24,26). The molecule has 1 atom stereocenters. The van der Waals surface area contributed by atoms with Gasteiger partial charge in [0.05, 0.1) is 11.7 Å². The van der Waals surface area contributed by atoms with Crippen molar-refractivity contribution in [2.75, 3.05) is 5.32 Å². The van der Waals surface area contributed by atoms with E-state index >= 15 is 0 Å². The van der Waals surface area contributed by atoms with Crippen LogP contribution in [0.25, 0.3) is 0 Å². The van der Waals surface area contributed by atoms with Crippen molar-refractivity contribution < 1.29 is 18.4 Å². The molecule has 4 nitrogen and oxygen atoms in total. The van der Waals surface area contributed by atoms with Crippen LogP contribution < -0.4 is 10.6 Å². The fourth-order valence-electron chi connectivity index (χ4n) is 3.15. The van der Waals surface area contributed by atoms with Gasteiger partial charge in [-0.15, -0.1) is 0 Å². The van der Waals surface area contributed by atoms with Gasteiger partial charge in [0, 0.05) is 0 Å². The first kappa shape index (κ1) is 18.0. The fraction of sp³-hybridized carbons (Fsp3) is 0.300. The van der Waals surface area contributed by atoms with Crippen LogP contribution in [0.15, 0.2) is 36.4 Å². The van der Waals surface area contributed by atoms with Gasteiger partial charge >= 0.3 is 11.8 Å². The molecule has 0 saturated heterocycles. The van der Waals surface area contributed by atoms with Gasteiger partial charge in [-0.05, 0) is 61.4 Å². The zero-order valence-corrected chi connectivity index (χ0v) is 14.4. The highest BCUT2D eigenvalue weighted by atomic mass is 19.2. The predicted octanol–water partition coefficient (Wildman–Crippen LogP) is 3.66. The molecule has 1 aliphatic rings. The second-order valence-electron chi connectivity index (χ2n) is 6.49. The van der Waals surface area contributed by atoms with Gasteiger partial charge in [-0.3, -0.25) is 9.59 Å². The van der Waals surface area contributed by atoms with Crippen LogP contribution >= 0.6 is 0 Å². The van der Waals surface area contributed by atoms with Gasteiger partial charge in [-0.1, -0.05) is 24.3 Å². The molecule has 0 saturated carbocycles. The van der Waals surface area contributed by atoms with Gasteiger partial charge in [0.25, 0.3) is 0 Å². The van der Waals surface area contributed by atoms with Crippen molar-refractivity contribution >= 4 is 17.5 Å². The highest BCUT2D eigenvalue weighted by molar-refractivity contribution is 6.39. The molecule has 2 aromatic rings. The number of carbonyl (C=O) groups excluding carboxylic acids is 2. The van der Waals surface area contributed by atoms with Crippen LogP contribution in [0.1, 0.15) is 42.5 Å². The normalized spacial score (nSPS) is 14.3. The molecule has 136 valence electrons. The summed E-state index contributed by atoms with van der Waals surface area (Å²) in [5, 5.41) is 4.68. The molecule has 2 N–H and O–H groups in total. The minimum absolute atomic E-state index is 0.369. The number of halogens is 2. The molecule has 0 aliphatic heterocycles. The van der Waals surface area contributed by atoms with E-state index in [9.17, 15) is 18.4 Å². The van der Waals surface area contributed by atoms with Crippen LogP contribution in [0.4, 0.5) is 14.5 Å². The van der Waals surface area contributed by atoms with Gasteiger partial charge in [-0.25, -0.2) is 8.78 Å². The lowest BCUT2D eigenvalue weighted by molar-refractivity contribution is -0.136. The SMILES string of the molecule is CC(NC(=O)C(=O)Nc1cccc(F)c1F)c1ccc2c(c1)CCCC2. The summed E-state index contributed by atoms with van der Waals surface area (Å²) in [7, 11) is 0. The maximum absolute atomic E-state index is 13.6. The molecule has 1 aliphatic carbocycles. The number of aryl methyl sites for hydroxylation is 2. The first-order valence-corrected chi connectivity index (χ1v) is 8.63. The maximum Gasteiger partial charge on any atom is 0.313 e. The average Bonchev–Trinajstić information content (AvgIpc) is 2.64. The van der Waals surface area contributed by atoms with Crippen molar-refractivity contribution in [3.63, 3.8) is 0 Å². The lowest BCUT2D eigenvalue weighted by Crippen LogP contribution is -2.37. The average molecular weight is 358 g/mol. The van der Waals surface area contributed by atoms with Crippen LogP contribution in [-0.4, -0.2) is 11.8 Å². The van der Waals surface area contributed by atoms with Crippen molar-refractivity contribution in [1.29, 1.82) is 0 Å². The van der Waals surface area contributed by atoms with Crippen molar-refractivity contribution in [2.24, 2.45) is 0 Å². The Balaban J connectivity index is 1.65. The number of rotatable bonds is 3. The third kappa shape index (κ3) is 3.90. The van der Waals surface area contributed by atoms with Gasteiger partial charge in [0.1, 0.15) is 0 Å². The quantitative estimate of drug-likeness (QED) is 0.823. The Labute approximate surface area is 150 Å². The minimum Gasteiger partial charge on any atom is -0.341 e. The molecule has 26 heavy (non-hydrogen) atoms. The van der Waals surface area contributed by atoms with Crippen molar-refractivity contribution in [3.8, 4) is 0 Å². The Kier molecular flexibility index (Phi) is 5.30. The third-order valence-electron chi connectivity index (χ3n) is 4.63. The zero-order chi connectivity index (χ0) is 18.7. The number of carbonyl (C=O) groups is 2. The third-order valence-corrected chi connectivity index (χ3v) is 4.63. The van der Waals surface area contributed by atoms with E-state index in [0.29, 0.717) is 0 Å². The largest absolute Gasteiger partial charge is 0.341 e. The molecule has 0 aromatic heterocycles. The number of nitrogens with one attached hydrogen (secondary N) is 2. The van der Waals surface area contributed by atoms with E-state index in [1.165, 1.54) is 29.7 Å². The molecule has 2 amide bonds. The van der Waals surface area contributed by atoms with E-state index in [1.54, 1.807) is 6.92 Å². The first-order chi connectivity index (χ1) is 12.5. The number of benzene rings is 2. The first-order valence-electron chi connectivity index (χ1n) is 8.63. The van der Waals surface area contributed by atoms with Gasteiger partial charge in [-0.2, -0.15) is 0 Å². The highest BCUT2D eigenvalue weighted by Crippen LogP contribution is 2.24. The molecule has 1 unspecified atom stereocenters. The summed E-state index contributed by atoms with van der Waals surface area (Å²) in [5.41, 5.74) is 3.15. The summed E-state index contributed by atoms with van der Waals surface area (Å²) in [6.07, 6.45) is 4.43. The van der Waals surface area contributed by atoms with Crippen molar-refractivity contribution in [3.05, 3.63) is 64.7 Å². The zero-order valence-electron chi connectivity index (χ0n) is 14.4. The summed E-state index contributed by atoms with van der Waals surface area (Å²) in [4.78, 5) is 24.0. The van der Waals surface area contributed by atoms with Crippen LogP contribution in [-0.2, 0) is 22.4 Å². The molecule has 0 radical (unpaired) electrons. The summed E-state index contributed by atoms with van der Waals surface area (Å²) in [6.45, 7) is 1.78. The van der Waals surface area contributed by atoms with E-state index < -0.39 is 23.4 Å². The van der Waals surface area contributed by atoms with E-state index in [0.717, 1.165) is 30.9 Å². The summed E-state index contributed by atoms with van der Waals surface area (Å²) >= 11 is 0. The Hall–Kier alpha value is -2.76. The van der Waals surface area contributed by atoms with Gasteiger partial charge < -0.3 is 10.6 Å². The molecule has 0 heterocycles. The van der Waals surface area contributed by atoms with Gasteiger partial charge in [0.15, 0.2) is 11.6 Å². The summed E-state index contributed by atoms with van der Waals surface area (Å²) in [6, 6.07) is 9.07. The molecule has 0 bridgehead atoms. The van der Waals surface area contributed by atoms with E-state index in [1.807, 2.05) is 6.07 Å². The number of amides is 2. The number of hydrogen-bond acceptors (Lipinski definition) is 2. The summed E-state index contributed by atoms with van der Waals surface area (Å²) < 4.78 is 26.8. The van der Waals surface area contributed by atoms with E-state index in [4.69, 9.17) is 0 Å². The Bertz CT molecular complexity index is 852. The number of anilines is 1. The Morgan fingerprint density at radius 1 is 1.00 bits per heavy atom. The minimum atomic E-state index is -1.20. The second-order valence-corrected chi connectivity index (χ2v) is 6.49. The second kappa shape index (κ2) is 7.64. The maximum atomic E-state index is 13.6. The van der Waals surface area contributed by atoms with Gasteiger partial charge in [0.2, 0.25) is 0 Å². The molecule has 2 aromatic carbocycles. The molecule has 3 rings (SSSR count). The lowest BCUT2D eigenvalue weighted by atomic mass is 9.89. The molecule has 6 heteroatoms. The van der Waals surface area contributed by atoms with Crippen LogP contribution in [0, 0.1) is 11.6 Å². The Morgan fingerprint density at radius 3 is 2.50 bits per heavy atom. The van der Waals surface area contributed by atoms with Crippen LogP contribution in [0.3, 0.4) is 0 Å². The molecule has 0 spiro atoms. The fourth-order valence-corrected chi connectivity index (χ4v) is 3.15. The van der Waals surface area contributed by atoms with E-state index in [2.05, 4.69) is 22.8 Å².